The van der Waals surface area contributed by atoms with Crippen molar-refractivity contribution in [2.45, 2.75) is 32.2 Å². The van der Waals surface area contributed by atoms with Crippen LogP contribution in [0.25, 0.3) is 0 Å². The van der Waals surface area contributed by atoms with Gasteiger partial charge in [-0.3, -0.25) is 9.59 Å². The van der Waals surface area contributed by atoms with Gasteiger partial charge in [0.1, 0.15) is 6.04 Å². The number of hydrogen-bond donors (Lipinski definition) is 1. The second-order valence-electron chi connectivity index (χ2n) is 6.31. The van der Waals surface area contributed by atoms with Gasteiger partial charge in [-0.05, 0) is 37.1 Å². The molecule has 0 heterocycles. The van der Waals surface area contributed by atoms with Gasteiger partial charge in [0.15, 0.2) is 0 Å². The minimum atomic E-state index is -0.549. The highest BCUT2D eigenvalue weighted by atomic mass is 35.5. The van der Waals surface area contributed by atoms with Crippen LogP contribution in [0.3, 0.4) is 0 Å². The summed E-state index contributed by atoms with van der Waals surface area (Å²) in [7, 11) is 0. The number of carbonyl (C=O) groups excluding carboxylic acids is 2. The highest BCUT2D eigenvalue weighted by Gasteiger charge is 2.25. The third-order valence-corrected chi connectivity index (χ3v) is 5.77. The minimum Gasteiger partial charge on any atom is -0.355 e. The summed E-state index contributed by atoms with van der Waals surface area (Å²) in [4.78, 5) is 26.8. The topological polar surface area (TPSA) is 49.4 Å². The number of halogens is 2. The molecule has 2 aromatic rings. The second kappa shape index (κ2) is 11.3. The first-order valence-electron chi connectivity index (χ1n) is 9.05. The van der Waals surface area contributed by atoms with Crippen LogP contribution in [0.5, 0.6) is 0 Å². The van der Waals surface area contributed by atoms with Gasteiger partial charge in [-0.2, -0.15) is 0 Å². The van der Waals surface area contributed by atoms with E-state index in [9.17, 15) is 9.59 Å². The van der Waals surface area contributed by atoms with Crippen LogP contribution >= 0.6 is 35.0 Å². The molecule has 0 unspecified atom stereocenters. The van der Waals surface area contributed by atoms with E-state index in [2.05, 4.69) is 5.32 Å². The maximum Gasteiger partial charge on any atom is 0.242 e. The molecular formula is C21H24Cl2N2O2S. The Morgan fingerprint density at radius 2 is 1.86 bits per heavy atom. The third-order valence-electron chi connectivity index (χ3n) is 4.21. The lowest BCUT2D eigenvalue weighted by atomic mass is 10.1. The van der Waals surface area contributed by atoms with Gasteiger partial charge in [0.05, 0.1) is 5.75 Å². The van der Waals surface area contributed by atoms with Gasteiger partial charge >= 0.3 is 0 Å². The van der Waals surface area contributed by atoms with E-state index in [1.165, 1.54) is 11.8 Å². The number of thioether (sulfide) groups is 1. The van der Waals surface area contributed by atoms with Crippen molar-refractivity contribution in [3.63, 3.8) is 0 Å². The number of rotatable bonds is 9. The van der Waals surface area contributed by atoms with Gasteiger partial charge < -0.3 is 10.2 Å². The Kier molecular flexibility index (Phi) is 9.16. The highest BCUT2D eigenvalue weighted by molar-refractivity contribution is 7.99. The maximum absolute atomic E-state index is 12.9. The van der Waals surface area contributed by atoms with Crippen molar-refractivity contribution in [3.05, 3.63) is 69.7 Å². The fourth-order valence-electron chi connectivity index (χ4n) is 2.65. The van der Waals surface area contributed by atoms with Crippen LogP contribution in [0.15, 0.2) is 48.5 Å². The molecule has 0 aliphatic heterocycles. The average molecular weight is 439 g/mol. The fraction of sp³-hybridized carbons (Fsp3) is 0.333. The number of nitrogens with zero attached hydrogens (tertiary/aromatic N) is 1. The Hall–Kier alpha value is -1.69. The van der Waals surface area contributed by atoms with Gasteiger partial charge in [0.25, 0.3) is 0 Å². The van der Waals surface area contributed by atoms with Crippen LogP contribution in [0.1, 0.15) is 25.0 Å². The van der Waals surface area contributed by atoms with Crippen LogP contribution < -0.4 is 5.32 Å². The van der Waals surface area contributed by atoms with Crippen molar-refractivity contribution in [1.29, 1.82) is 0 Å². The largest absolute Gasteiger partial charge is 0.355 e. The maximum atomic E-state index is 12.9. The molecule has 1 atom stereocenters. The summed E-state index contributed by atoms with van der Waals surface area (Å²) in [5.74, 6) is 0.613. The molecule has 0 saturated heterocycles. The van der Waals surface area contributed by atoms with Crippen molar-refractivity contribution in [1.82, 2.24) is 10.2 Å². The quantitative estimate of drug-likeness (QED) is 0.612. The standard InChI is InChI=1S/C21H24Cl2N2O2S/c1-3-24-21(27)15(2)25(12-16-7-5-4-6-8-16)20(26)14-28-13-17-9-10-18(22)11-19(17)23/h4-11,15H,3,12-14H2,1-2H3,(H,24,27)/t15-/m0/s1. The number of benzene rings is 2. The summed E-state index contributed by atoms with van der Waals surface area (Å²) in [5, 5.41) is 3.96. The number of carbonyl (C=O) groups is 2. The van der Waals surface area contributed by atoms with E-state index in [4.69, 9.17) is 23.2 Å². The van der Waals surface area contributed by atoms with Crippen LogP contribution in [-0.2, 0) is 21.9 Å². The molecule has 28 heavy (non-hydrogen) atoms. The van der Waals surface area contributed by atoms with Gasteiger partial charge in [-0.15, -0.1) is 11.8 Å². The second-order valence-corrected chi connectivity index (χ2v) is 8.14. The number of nitrogens with one attached hydrogen (secondary N) is 1. The summed E-state index contributed by atoms with van der Waals surface area (Å²) >= 11 is 13.6. The molecule has 0 radical (unpaired) electrons. The van der Waals surface area contributed by atoms with Crippen molar-refractivity contribution < 1.29 is 9.59 Å². The van der Waals surface area contributed by atoms with Crippen molar-refractivity contribution in [3.8, 4) is 0 Å². The molecule has 0 spiro atoms. The number of hydrogen-bond acceptors (Lipinski definition) is 3. The van der Waals surface area contributed by atoms with E-state index in [-0.39, 0.29) is 17.6 Å². The molecule has 0 aliphatic carbocycles. The summed E-state index contributed by atoms with van der Waals surface area (Å²) < 4.78 is 0. The lowest BCUT2D eigenvalue weighted by Gasteiger charge is -2.28. The molecule has 0 aliphatic rings. The predicted molar refractivity (Wildman–Crippen MR) is 118 cm³/mol. The van der Waals surface area contributed by atoms with Crippen molar-refractivity contribution in [2.24, 2.45) is 0 Å². The molecule has 0 bridgehead atoms. The zero-order valence-electron chi connectivity index (χ0n) is 16.0. The molecule has 0 aromatic heterocycles. The first-order chi connectivity index (χ1) is 13.4. The smallest absolute Gasteiger partial charge is 0.242 e. The van der Waals surface area contributed by atoms with Crippen LogP contribution in [0.4, 0.5) is 0 Å². The summed E-state index contributed by atoms with van der Waals surface area (Å²) in [6.07, 6.45) is 0. The zero-order valence-corrected chi connectivity index (χ0v) is 18.3. The lowest BCUT2D eigenvalue weighted by Crippen LogP contribution is -2.48. The Morgan fingerprint density at radius 3 is 2.50 bits per heavy atom. The number of likely N-dealkylation sites (N-methyl/N-ethyl adjacent to an activating group) is 1. The van der Waals surface area contributed by atoms with E-state index in [0.29, 0.717) is 28.9 Å². The molecule has 0 fully saturated rings. The zero-order chi connectivity index (χ0) is 20.5. The molecule has 2 rings (SSSR count). The molecule has 2 amide bonds. The molecule has 0 saturated carbocycles. The minimum absolute atomic E-state index is 0.0855. The van der Waals surface area contributed by atoms with Gasteiger partial charge in [-0.25, -0.2) is 0 Å². The Labute approximate surface area is 180 Å². The van der Waals surface area contributed by atoms with Gasteiger partial charge in [0, 0.05) is 28.9 Å². The van der Waals surface area contributed by atoms with Crippen molar-refractivity contribution >= 4 is 46.8 Å². The lowest BCUT2D eigenvalue weighted by molar-refractivity contribution is -0.138. The van der Waals surface area contributed by atoms with Gasteiger partial charge in [-0.1, -0.05) is 59.6 Å². The van der Waals surface area contributed by atoms with Crippen LogP contribution in [0.2, 0.25) is 10.0 Å². The van der Waals surface area contributed by atoms with Crippen LogP contribution in [0, 0.1) is 0 Å². The molecular weight excluding hydrogens is 415 g/mol. The Bertz CT molecular complexity index is 802. The van der Waals surface area contributed by atoms with Crippen molar-refractivity contribution in [2.75, 3.05) is 12.3 Å². The Morgan fingerprint density at radius 1 is 1.14 bits per heavy atom. The first kappa shape index (κ1) is 22.6. The van der Waals surface area contributed by atoms with Crippen LogP contribution in [-0.4, -0.2) is 35.1 Å². The molecule has 2 aromatic carbocycles. The SMILES string of the molecule is CCNC(=O)[C@H](C)N(Cc1ccccc1)C(=O)CSCc1ccc(Cl)cc1Cl. The molecule has 1 N–H and O–H groups in total. The fourth-order valence-corrected chi connectivity index (χ4v) is 4.12. The predicted octanol–water partition coefficient (Wildman–Crippen LogP) is 4.78. The number of amides is 2. The third kappa shape index (κ3) is 6.73. The van der Waals surface area contributed by atoms with Gasteiger partial charge in [0.2, 0.25) is 11.8 Å². The summed E-state index contributed by atoms with van der Waals surface area (Å²) in [6.45, 7) is 4.53. The molecule has 150 valence electrons. The first-order valence-corrected chi connectivity index (χ1v) is 11.0. The monoisotopic (exact) mass is 438 g/mol. The van der Waals surface area contributed by atoms with E-state index in [1.807, 2.05) is 43.3 Å². The summed E-state index contributed by atoms with van der Waals surface area (Å²) in [5.41, 5.74) is 1.91. The van der Waals surface area contributed by atoms with E-state index < -0.39 is 6.04 Å². The van der Waals surface area contributed by atoms with E-state index >= 15 is 0 Å². The molecule has 4 nitrogen and oxygen atoms in total. The highest BCUT2D eigenvalue weighted by Crippen LogP contribution is 2.25. The molecule has 7 heteroatoms. The Balaban J connectivity index is 2.03. The summed E-state index contributed by atoms with van der Waals surface area (Å²) in [6, 6.07) is 14.5. The van der Waals surface area contributed by atoms with E-state index in [1.54, 1.807) is 24.0 Å². The normalized spacial score (nSPS) is 11.7. The average Bonchev–Trinajstić information content (AvgIpc) is 2.68. The van der Waals surface area contributed by atoms with E-state index in [0.717, 1.165) is 11.1 Å².